The molecular weight excluding hydrogens is 254 g/mol. The maximum Gasteiger partial charge on any atom is 0.131 e. The van der Waals surface area contributed by atoms with Gasteiger partial charge in [0.25, 0.3) is 0 Å². The van der Waals surface area contributed by atoms with Crippen molar-refractivity contribution in [1.82, 2.24) is 5.43 Å². The van der Waals surface area contributed by atoms with Crippen molar-refractivity contribution in [2.24, 2.45) is 5.84 Å². The molecule has 0 aliphatic heterocycles. The van der Waals surface area contributed by atoms with E-state index in [1.165, 1.54) is 17.4 Å². The quantitative estimate of drug-likeness (QED) is 0.662. The number of nitrogens with one attached hydrogen (secondary N) is 1. The summed E-state index contributed by atoms with van der Waals surface area (Å²) in [6, 6.07) is 3.88. The number of hydrazine groups is 1. The Kier molecular flexibility index (Phi) is 3.75. The topological polar surface area (TPSA) is 38.0 Å². The third-order valence-corrected chi connectivity index (χ3v) is 4.00. The Balaban J connectivity index is 2.52. The van der Waals surface area contributed by atoms with E-state index in [-0.39, 0.29) is 0 Å². The average molecular weight is 268 g/mol. The summed E-state index contributed by atoms with van der Waals surface area (Å²) in [5.74, 6) is 4.38. The minimum atomic E-state index is -0.589. The molecule has 5 heteroatoms. The Labute approximate surface area is 108 Å². The van der Waals surface area contributed by atoms with Crippen LogP contribution in [0.2, 0.25) is 0 Å². The molecule has 1 aromatic heterocycles. The van der Waals surface area contributed by atoms with Crippen LogP contribution in [0.5, 0.6) is 0 Å². The van der Waals surface area contributed by atoms with E-state index in [2.05, 4.69) is 5.43 Å². The Morgan fingerprint density at radius 1 is 1.17 bits per heavy atom. The molecule has 0 aliphatic rings. The van der Waals surface area contributed by atoms with Crippen molar-refractivity contribution in [2.75, 3.05) is 0 Å². The first kappa shape index (κ1) is 13.1. The van der Waals surface area contributed by atoms with Gasteiger partial charge in [-0.1, -0.05) is 0 Å². The van der Waals surface area contributed by atoms with E-state index in [0.29, 0.717) is 11.1 Å². The van der Waals surface area contributed by atoms with E-state index < -0.39 is 17.7 Å². The zero-order valence-electron chi connectivity index (χ0n) is 10.1. The first-order valence-electron chi connectivity index (χ1n) is 5.50. The van der Waals surface area contributed by atoms with Gasteiger partial charge in [-0.15, -0.1) is 11.3 Å². The van der Waals surface area contributed by atoms with Crippen molar-refractivity contribution in [3.63, 3.8) is 0 Å². The SMILES string of the molecule is Cc1cc(C(NN)c2sccc2C)c(F)cc1F. The molecule has 2 aromatic rings. The molecule has 0 aliphatic carbocycles. The van der Waals surface area contributed by atoms with Gasteiger partial charge in [0, 0.05) is 16.5 Å². The van der Waals surface area contributed by atoms with Crippen LogP contribution in [0.1, 0.15) is 27.6 Å². The van der Waals surface area contributed by atoms with Crippen LogP contribution in [-0.4, -0.2) is 0 Å². The molecule has 0 saturated carbocycles. The molecule has 0 spiro atoms. The molecule has 2 rings (SSSR count). The van der Waals surface area contributed by atoms with Gasteiger partial charge in [0.15, 0.2) is 0 Å². The first-order valence-corrected chi connectivity index (χ1v) is 6.38. The molecule has 0 amide bonds. The Morgan fingerprint density at radius 2 is 1.89 bits per heavy atom. The molecule has 1 atom stereocenters. The molecule has 0 fully saturated rings. The highest BCUT2D eigenvalue weighted by molar-refractivity contribution is 7.10. The van der Waals surface area contributed by atoms with Gasteiger partial charge in [-0.3, -0.25) is 5.84 Å². The second-order valence-electron chi connectivity index (χ2n) is 4.19. The zero-order chi connectivity index (χ0) is 13.3. The fourth-order valence-electron chi connectivity index (χ4n) is 1.89. The molecule has 1 aromatic carbocycles. The van der Waals surface area contributed by atoms with Gasteiger partial charge in [-0.25, -0.2) is 14.2 Å². The van der Waals surface area contributed by atoms with E-state index in [1.54, 1.807) is 6.92 Å². The van der Waals surface area contributed by atoms with Crippen molar-refractivity contribution in [2.45, 2.75) is 19.9 Å². The molecular formula is C13H14F2N2S. The fraction of sp³-hybridized carbons (Fsp3) is 0.231. The third-order valence-electron chi connectivity index (χ3n) is 2.92. The number of hydrogen-bond acceptors (Lipinski definition) is 3. The van der Waals surface area contributed by atoms with Crippen LogP contribution in [0, 0.1) is 25.5 Å². The Morgan fingerprint density at radius 3 is 2.44 bits per heavy atom. The number of halogens is 2. The number of nitrogens with two attached hydrogens (primary N) is 1. The second kappa shape index (κ2) is 5.14. The van der Waals surface area contributed by atoms with E-state index in [4.69, 9.17) is 5.84 Å². The molecule has 0 bridgehead atoms. The maximum atomic E-state index is 13.9. The largest absolute Gasteiger partial charge is 0.271 e. The second-order valence-corrected chi connectivity index (χ2v) is 5.14. The number of aryl methyl sites for hydroxylation is 2. The normalized spacial score (nSPS) is 12.7. The molecule has 2 nitrogen and oxygen atoms in total. The van der Waals surface area contributed by atoms with Crippen molar-refractivity contribution in [1.29, 1.82) is 0 Å². The molecule has 0 saturated heterocycles. The van der Waals surface area contributed by atoms with Crippen molar-refractivity contribution < 1.29 is 8.78 Å². The van der Waals surface area contributed by atoms with Gasteiger partial charge in [-0.2, -0.15) is 0 Å². The summed E-state index contributed by atoms with van der Waals surface area (Å²) in [6.07, 6.45) is 0. The highest BCUT2D eigenvalue weighted by Crippen LogP contribution is 2.31. The molecule has 96 valence electrons. The molecule has 18 heavy (non-hydrogen) atoms. The van der Waals surface area contributed by atoms with Gasteiger partial charge in [0.2, 0.25) is 0 Å². The highest BCUT2D eigenvalue weighted by Gasteiger charge is 2.20. The lowest BCUT2D eigenvalue weighted by molar-refractivity contribution is 0.540. The van der Waals surface area contributed by atoms with Gasteiger partial charge in [-0.05, 0) is 42.5 Å². The van der Waals surface area contributed by atoms with Gasteiger partial charge >= 0.3 is 0 Å². The lowest BCUT2D eigenvalue weighted by Gasteiger charge is -2.17. The summed E-state index contributed by atoms with van der Waals surface area (Å²) in [5, 5.41) is 1.92. The summed E-state index contributed by atoms with van der Waals surface area (Å²) in [7, 11) is 0. The predicted octanol–water partition coefficient (Wildman–Crippen LogP) is 3.20. The monoisotopic (exact) mass is 268 g/mol. The lowest BCUT2D eigenvalue weighted by Crippen LogP contribution is -2.29. The van der Waals surface area contributed by atoms with Crippen molar-refractivity contribution in [3.8, 4) is 0 Å². The number of rotatable bonds is 3. The summed E-state index contributed by atoms with van der Waals surface area (Å²) in [5.41, 5.74) is 4.40. The van der Waals surface area contributed by atoms with Crippen LogP contribution in [0.3, 0.4) is 0 Å². The molecule has 3 N–H and O–H groups in total. The maximum absolute atomic E-state index is 13.9. The van der Waals surface area contributed by atoms with Crippen molar-refractivity contribution in [3.05, 3.63) is 56.8 Å². The number of thiophene rings is 1. The smallest absolute Gasteiger partial charge is 0.131 e. The average Bonchev–Trinajstić information content (AvgIpc) is 2.73. The van der Waals surface area contributed by atoms with Crippen LogP contribution >= 0.6 is 11.3 Å². The van der Waals surface area contributed by atoms with Gasteiger partial charge in [0.1, 0.15) is 11.6 Å². The summed E-state index contributed by atoms with van der Waals surface area (Å²) < 4.78 is 27.1. The van der Waals surface area contributed by atoms with Crippen LogP contribution in [0.4, 0.5) is 8.78 Å². The van der Waals surface area contributed by atoms with Crippen LogP contribution in [-0.2, 0) is 0 Å². The lowest BCUT2D eigenvalue weighted by atomic mass is 10.0. The molecule has 1 heterocycles. The standard InChI is InChI=1S/C13H14F2N2S/c1-7-3-4-18-13(7)12(17-16)9-5-8(2)10(14)6-11(9)15/h3-6,12,17H,16H2,1-2H3. The van der Waals surface area contributed by atoms with E-state index in [9.17, 15) is 8.78 Å². The minimum absolute atomic E-state index is 0.363. The third kappa shape index (κ3) is 2.29. The Hall–Kier alpha value is -1.30. The summed E-state index contributed by atoms with van der Waals surface area (Å²) >= 11 is 1.49. The highest BCUT2D eigenvalue weighted by atomic mass is 32.1. The number of hydrogen-bond donors (Lipinski definition) is 2. The van der Waals surface area contributed by atoms with E-state index in [1.807, 2.05) is 18.4 Å². The van der Waals surface area contributed by atoms with Gasteiger partial charge in [0.05, 0.1) is 6.04 Å². The van der Waals surface area contributed by atoms with Crippen LogP contribution in [0.25, 0.3) is 0 Å². The van der Waals surface area contributed by atoms with E-state index >= 15 is 0 Å². The van der Waals surface area contributed by atoms with E-state index in [0.717, 1.165) is 16.5 Å². The molecule has 1 unspecified atom stereocenters. The zero-order valence-corrected chi connectivity index (χ0v) is 10.9. The Bertz CT molecular complexity index is 566. The van der Waals surface area contributed by atoms with Crippen LogP contribution in [0.15, 0.2) is 23.6 Å². The minimum Gasteiger partial charge on any atom is -0.271 e. The predicted molar refractivity (Wildman–Crippen MR) is 69.3 cm³/mol. The summed E-state index contributed by atoms with van der Waals surface area (Å²) in [4.78, 5) is 0.933. The number of benzene rings is 1. The van der Waals surface area contributed by atoms with Crippen LogP contribution < -0.4 is 11.3 Å². The molecule has 0 radical (unpaired) electrons. The first-order chi connectivity index (χ1) is 8.54. The van der Waals surface area contributed by atoms with Gasteiger partial charge < -0.3 is 0 Å². The summed E-state index contributed by atoms with van der Waals surface area (Å²) in [6.45, 7) is 3.54. The fourth-order valence-corrected chi connectivity index (χ4v) is 2.89. The van der Waals surface area contributed by atoms with Crippen molar-refractivity contribution >= 4 is 11.3 Å².